The molecule has 0 aliphatic heterocycles. The molecule has 0 spiro atoms. The fourth-order valence-corrected chi connectivity index (χ4v) is 3.19. The lowest BCUT2D eigenvalue weighted by atomic mass is 10.2. The molecule has 0 bridgehead atoms. The van der Waals surface area contributed by atoms with Gasteiger partial charge in [0.1, 0.15) is 5.84 Å². The molecule has 1 heterocycles. The van der Waals surface area contributed by atoms with Crippen molar-refractivity contribution >= 4 is 21.8 Å². The zero-order valence-corrected chi connectivity index (χ0v) is 14.3. The molecule has 118 valence electrons. The number of hydrogen-bond acceptors (Lipinski definition) is 4. The molecule has 7 heteroatoms. The molecule has 1 aliphatic carbocycles. The van der Waals surface area contributed by atoms with Gasteiger partial charge in [0.05, 0.1) is 15.9 Å². The fraction of sp³-hybridized carbons (Fsp3) is 0.714. The highest BCUT2D eigenvalue weighted by Gasteiger charge is 2.30. The number of hydrogen-bond donors (Lipinski definition) is 2. The molecule has 0 radical (unpaired) electrons. The van der Waals surface area contributed by atoms with Gasteiger partial charge in [0.2, 0.25) is 0 Å². The first-order valence-corrected chi connectivity index (χ1v) is 8.34. The number of oxime groups is 1. The molecule has 1 saturated carbocycles. The van der Waals surface area contributed by atoms with E-state index < -0.39 is 0 Å². The second-order valence-electron chi connectivity index (χ2n) is 5.42. The van der Waals surface area contributed by atoms with Crippen LogP contribution < -0.4 is 5.73 Å². The summed E-state index contributed by atoms with van der Waals surface area (Å²) in [6, 6.07) is 0.619. The number of rotatable bonds is 8. The van der Waals surface area contributed by atoms with E-state index in [4.69, 9.17) is 10.9 Å². The van der Waals surface area contributed by atoms with Crippen LogP contribution in [-0.4, -0.2) is 38.3 Å². The van der Waals surface area contributed by atoms with E-state index in [0.717, 1.165) is 36.2 Å². The lowest BCUT2D eigenvalue weighted by Gasteiger charge is -2.22. The zero-order valence-electron chi connectivity index (χ0n) is 12.7. The normalized spacial score (nSPS) is 15.9. The van der Waals surface area contributed by atoms with Crippen molar-refractivity contribution in [3.8, 4) is 0 Å². The second-order valence-corrected chi connectivity index (χ2v) is 6.21. The third-order valence-electron chi connectivity index (χ3n) is 3.89. The predicted octanol–water partition coefficient (Wildman–Crippen LogP) is 2.33. The van der Waals surface area contributed by atoms with E-state index in [2.05, 4.69) is 49.6 Å². The van der Waals surface area contributed by atoms with Crippen LogP contribution in [-0.2, 0) is 19.5 Å². The summed E-state index contributed by atoms with van der Waals surface area (Å²) < 4.78 is 3.20. The maximum absolute atomic E-state index is 8.68. The smallest absolute Gasteiger partial charge is 0.140 e. The molecule has 0 amide bonds. The molecule has 21 heavy (non-hydrogen) atoms. The maximum atomic E-state index is 8.68. The van der Waals surface area contributed by atoms with Crippen LogP contribution in [0.3, 0.4) is 0 Å². The molecule has 0 saturated heterocycles. The Morgan fingerprint density at radius 1 is 1.52 bits per heavy atom. The Balaban J connectivity index is 2.11. The maximum Gasteiger partial charge on any atom is 0.140 e. The minimum atomic E-state index is 0.290. The number of halogens is 1. The Kier molecular flexibility index (Phi) is 5.64. The van der Waals surface area contributed by atoms with Gasteiger partial charge < -0.3 is 10.9 Å². The molecule has 1 aromatic heterocycles. The minimum Gasteiger partial charge on any atom is -0.409 e. The molecular weight excluding hydrogens is 334 g/mol. The predicted molar refractivity (Wildman–Crippen MR) is 86.4 cm³/mol. The SMILES string of the molecule is CCc1nn(CC)c(CN(CCC(N)=NO)C2CC2)c1Br. The highest BCUT2D eigenvalue weighted by atomic mass is 79.9. The van der Waals surface area contributed by atoms with Crippen LogP contribution in [0, 0.1) is 0 Å². The highest BCUT2D eigenvalue weighted by Crippen LogP contribution is 2.31. The first-order chi connectivity index (χ1) is 10.1. The van der Waals surface area contributed by atoms with Gasteiger partial charge in [0.15, 0.2) is 0 Å². The van der Waals surface area contributed by atoms with E-state index in [1.807, 2.05) is 0 Å². The molecule has 0 atom stereocenters. The van der Waals surface area contributed by atoms with Gasteiger partial charge in [-0.1, -0.05) is 12.1 Å². The van der Waals surface area contributed by atoms with E-state index >= 15 is 0 Å². The minimum absolute atomic E-state index is 0.290. The van der Waals surface area contributed by atoms with Crippen molar-refractivity contribution in [2.45, 2.75) is 58.7 Å². The van der Waals surface area contributed by atoms with Crippen molar-refractivity contribution in [1.29, 1.82) is 0 Å². The first kappa shape index (κ1) is 16.3. The molecule has 0 unspecified atom stereocenters. The quantitative estimate of drug-likeness (QED) is 0.324. The Hall–Kier alpha value is -1.08. The molecule has 3 N–H and O–H groups in total. The number of nitrogens with two attached hydrogens (primary N) is 1. The summed E-state index contributed by atoms with van der Waals surface area (Å²) in [7, 11) is 0. The summed E-state index contributed by atoms with van der Waals surface area (Å²) in [6.45, 7) is 6.76. The van der Waals surface area contributed by atoms with Crippen LogP contribution in [0.25, 0.3) is 0 Å². The summed E-state index contributed by atoms with van der Waals surface area (Å²) in [5.41, 5.74) is 7.93. The Bertz CT molecular complexity index is 510. The summed E-state index contributed by atoms with van der Waals surface area (Å²) in [5.74, 6) is 0.290. The summed E-state index contributed by atoms with van der Waals surface area (Å²) in [6.07, 6.45) is 3.98. The van der Waals surface area contributed by atoms with E-state index in [9.17, 15) is 0 Å². The lowest BCUT2D eigenvalue weighted by molar-refractivity contribution is 0.251. The number of nitrogens with zero attached hydrogens (tertiary/aromatic N) is 4. The van der Waals surface area contributed by atoms with Crippen molar-refractivity contribution < 1.29 is 5.21 Å². The monoisotopic (exact) mass is 357 g/mol. The topological polar surface area (TPSA) is 79.7 Å². The standard InChI is InChI=1S/C14H24BrN5O/c1-3-11-14(15)12(20(4-2)17-11)9-19(10-5-6-10)8-7-13(16)18-21/h10,21H,3-9H2,1-2H3,(H2,16,18). The lowest BCUT2D eigenvalue weighted by Crippen LogP contribution is -2.31. The van der Waals surface area contributed by atoms with Crippen LogP contribution in [0.5, 0.6) is 0 Å². The van der Waals surface area contributed by atoms with Gasteiger partial charge in [-0.15, -0.1) is 0 Å². The van der Waals surface area contributed by atoms with Crippen molar-refractivity contribution in [3.63, 3.8) is 0 Å². The average Bonchev–Trinajstić information content (AvgIpc) is 3.29. The van der Waals surface area contributed by atoms with Crippen LogP contribution in [0.1, 0.15) is 44.5 Å². The van der Waals surface area contributed by atoms with Gasteiger partial charge >= 0.3 is 0 Å². The Morgan fingerprint density at radius 3 is 2.76 bits per heavy atom. The second kappa shape index (κ2) is 7.26. The van der Waals surface area contributed by atoms with Crippen LogP contribution in [0.2, 0.25) is 0 Å². The number of amidine groups is 1. The third-order valence-corrected chi connectivity index (χ3v) is 4.81. The average molecular weight is 358 g/mol. The largest absolute Gasteiger partial charge is 0.409 e. The highest BCUT2D eigenvalue weighted by molar-refractivity contribution is 9.10. The van der Waals surface area contributed by atoms with Gasteiger partial charge in [0, 0.05) is 32.1 Å². The third kappa shape index (κ3) is 3.97. The van der Waals surface area contributed by atoms with E-state index in [1.165, 1.54) is 18.5 Å². The van der Waals surface area contributed by atoms with Crippen LogP contribution in [0.15, 0.2) is 9.63 Å². The van der Waals surface area contributed by atoms with E-state index in [1.54, 1.807) is 0 Å². The summed E-state index contributed by atoms with van der Waals surface area (Å²) in [4.78, 5) is 2.41. The summed E-state index contributed by atoms with van der Waals surface area (Å²) >= 11 is 3.70. The molecule has 6 nitrogen and oxygen atoms in total. The molecule has 1 aromatic rings. The summed E-state index contributed by atoms with van der Waals surface area (Å²) in [5, 5.41) is 16.4. The van der Waals surface area contributed by atoms with Gasteiger partial charge in [-0.25, -0.2) is 0 Å². The van der Waals surface area contributed by atoms with Crippen molar-refractivity contribution in [2.24, 2.45) is 10.9 Å². The fourth-order valence-electron chi connectivity index (χ4n) is 2.50. The number of aryl methyl sites for hydroxylation is 2. The van der Waals surface area contributed by atoms with Gasteiger partial charge in [-0.2, -0.15) is 5.10 Å². The van der Waals surface area contributed by atoms with Gasteiger partial charge in [-0.3, -0.25) is 9.58 Å². The van der Waals surface area contributed by atoms with Gasteiger partial charge in [-0.05, 0) is 42.1 Å². The Labute approximate surface area is 134 Å². The molecule has 1 aliphatic rings. The van der Waals surface area contributed by atoms with Crippen molar-refractivity contribution in [3.05, 3.63) is 15.9 Å². The van der Waals surface area contributed by atoms with Crippen LogP contribution in [0.4, 0.5) is 0 Å². The molecular formula is C14H24BrN5O. The van der Waals surface area contributed by atoms with Crippen molar-refractivity contribution in [2.75, 3.05) is 6.54 Å². The Morgan fingerprint density at radius 2 is 2.24 bits per heavy atom. The first-order valence-electron chi connectivity index (χ1n) is 7.55. The van der Waals surface area contributed by atoms with E-state index in [0.29, 0.717) is 12.5 Å². The molecule has 2 rings (SSSR count). The van der Waals surface area contributed by atoms with E-state index in [-0.39, 0.29) is 5.84 Å². The molecule has 1 fully saturated rings. The van der Waals surface area contributed by atoms with Gasteiger partial charge in [0.25, 0.3) is 0 Å². The van der Waals surface area contributed by atoms with Crippen LogP contribution >= 0.6 is 15.9 Å². The van der Waals surface area contributed by atoms with Crippen molar-refractivity contribution in [1.82, 2.24) is 14.7 Å². The number of aromatic nitrogens is 2. The molecule has 0 aromatic carbocycles. The zero-order chi connectivity index (χ0) is 15.4.